The molecule has 0 aromatic carbocycles. The Labute approximate surface area is 130 Å². The van der Waals surface area contributed by atoms with Crippen LogP contribution in [0.2, 0.25) is 18.1 Å². The Kier molecular flexibility index (Phi) is 7.13. The molecule has 5 heteroatoms. The summed E-state index contributed by atoms with van der Waals surface area (Å²) < 4.78 is 21.7. The molecule has 1 unspecified atom stereocenters. The first-order chi connectivity index (χ1) is 8.72. The van der Waals surface area contributed by atoms with E-state index in [0.29, 0.717) is 0 Å². The van der Waals surface area contributed by atoms with Crippen molar-refractivity contribution in [1.29, 1.82) is 0 Å². The first kappa shape index (κ1) is 20.3. The van der Waals surface area contributed by atoms with E-state index in [-0.39, 0.29) is 21.9 Å². The van der Waals surface area contributed by atoms with Gasteiger partial charge < -0.3 is 4.43 Å². The second kappa shape index (κ2) is 7.03. The lowest BCUT2D eigenvalue weighted by atomic mass is 10.1. The summed E-state index contributed by atoms with van der Waals surface area (Å²) in [6.07, 6.45) is 0.990. The maximum absolute atomic E-state index is 12.3. The highest BCUT2D eigenvalue weighted by Gasteiger charge is 2.39. The lowest BCUT2D eigenvalue weighted by Gasteiger charge is -2.40. The third kappa shape index (κ3) is 5.96. The van der Waals surface area contributed by atoms with Gasteiger partial charge in [0.15, 0.2) is 8.32 Å². The van der Waals surface area contributed by atoms with Crippen LogP contribution >= 0.6 is 0 Å². The highest BCUT2D eigenvalue weighted by molar-refractivity contribution is 7.84. The van der Waals surface area contributed by atoms with Gasteiger partial charge in [0.2, 0.25) is 0 Å². The molecule has 3 nitrogen and oxygen atoms in total. The van der Waals surface area contributed by atoms with Crippen LogP contribution in [0, 0.1) is 0 Å². The Morgan fingerprint density at radius 3 is 1.90 bits per heavy atom. The molecule has 0 bridgehead atoms. The van der Waals surface area contributed by atoms with Gasteiger partial charge in [0.25, 0.3) is 0 Å². The Morgan fingerprint density at radius 1 is 1.15 bits per heavy atom. The highest BCUT2D eigenvalue weighted by Crippen LogP contribution is 2.37. The molecule has 0 aromatic rings. The largest absolute Gasteiger partial charge is 0.413 e. The lowest BCUT2D eigenvalue weighted by molar-refractivity contribution is 0.161. The van der Waals surface area contributed by atoms with Crippen molar-refractivity contribution in [2.24, 2.45) is 0 Å². The average molecular weight is 322 g/mol. The van der Waals surface area contributed by atoms with Crippen LogP contribution in [0.5, 0.6) is 0 Å². The molecule has 20 heavy (non-hydrogen) atoms. The predicted octanol–water partition coefficient (Wildman–Crippen LogP) is 4.23. The molecule has 0 spiro atoms. The van der Waals surface area contributed by atoms with Crippen molar-refractivity contribution in [3.05, 3.63) is 0 Å². The van der Waals surface area contributed by atoms with Gasteiger partial charge in [-0.3, -0.25) is 0 Å². The minimum atomic E-state index is -1.78. The Balaban J connectivity index is 4.81. The summed E-state index contributed by atoms with van der Waals surface area (Å²) in [4.78, 5) is 0. The van der Waals surface area contributed by atoms with E-state index in [4.69, 9.17) is 4.43 Å². The smallest absolute Gasteiger partial charge is 0.192 e. The summed E-state index contributed by atoms with van der Waals surface area (Å²) >= 11 is 0. The van der Waals surface area contributed by atoms with E-state index in [2.05, 4.69) is 52.4 Å². The van der Waals surface area contributed by atoms with Gasteiger partial charge in [-0.1, -0.05) is 27.7 Å². The summed E-state index contributed by atoms with van der Waals surface area (Å²) in [5.41, 5.74) is 0. The van der Waals surface area contributed by atoms with Crippen LogP contribution in [0.25, 0.3) is 0 Å². The van der Waals surface area contributed by atoms with Crippen molar-refractivity contribution >= 4 is 19.3 Å². The summed E-state index contributed by atoms with van der Waals surface area (Å²) in [5.74, 6) is 0. The van der Waals surface area contributed by atoms with Crippen molar-refractivity contribution in [2.45, 2.75) is 96.8 Å². The molecule has 0 saturated carbocycles. The van der Waals surface area contributed by atoms with Crippen molar-refractivity contribution in [2.75, 3.05) is 0 Å². The van der Waals surface area contributed by atoms with Gasteiger partial charge in [-0.25, -0.2) is 8.93 Å². The summed E-state index contributed by atoms with van der Waals surface area (Å²) in [6.45, 7) is 21.4. The topological polar surface area (TPSA) is 38.3 Å². The Morgan fingerprint density at radius 2 is 1.60 bits per heavy atom. The summed E-state index contributed by atoms with van der Waals surface area (Å²) in [7, 11) is -2.83. The van der Waals surface area contributed by atoms with Gasteiger partial charge >= 0.3 is 0 Å². The third-order valence-electron chi connectivity index (χ3n) is 4.11. The maximum Gasteiger partial charge on any atom is 0.192 e. The summed E-state index contributed by atoms with van der Waals surface area (Å²) in [6, 6.07) is 0.129. The van der Waals surface area contributed by atoms with Crippen molar-refractivity contribution in [3.8, 4) is 0 Å². The van der Waals surface area contributed by atoms with Gasteiger partial charge in [0.05, 0.1) is 21.8 Å². The van der Waals surface area contributed by atoms with Crippen LogP contribution in [0.1, 0.15) is 61.8 Å². The highest BCUT2D eigenvalue weighted by atomic mass is 32.2. The van der Waals surface area contributed by atoms with E-state index < -0.39 is 19.3 Å². The van der Waals surface area contributed by atoms with Crippen molar-refractivity contribution < 1.29 is 8.63 Å². The standard InChI is InChI=1S/C15H35NO2SSi/c1-11-13(16-19(17)14(3,4)5)12(2)18-20(9,10)15(6,7)8/h12-13,16H,11H2,1-10H3/t12-,13-,19?/m0/s1. The number of rotatable bonds is 6. The predicted molar refractivity (Wildman–Crippen MR) is 92.9 cm³/mol. The first-order valence-electron chi connectivity index (χ1n) is 7.58. The zero-order valence-corrected chi connectivity index (χ0v) is 16.9. The molecule has 0 aliphatic heterocycles. The average Bonchev–Trinajstić information content (AvgIpc) is 2.21. The Hall–Kier alpha value is 0.287. The van der Waals surface area contributed by atoms with E-state index in [1.165, 1.54) is 0 Å². The van der Waals surface area contributed by atoms with E-state index >= 15 is 0 Å². The molecule has 0 heterocycles. The quantitative estimate of drug-likeness (QED) is 0.744. The number of nitrogens with one attached hydrogen (secondary N) is 1. The van der Waals surface area contributed by atoms with E-state index in [1.807, 2.05) is 20.8 Å². The van der Waals surface area contributed by atoms with Crippen LogP contribution in [0.3, 0.4) is 0 Å². The van der Waals surface area contributed by atoms with Gasteiger partial charge in [0.1, 0.15) is 0 Å². The van der Waals surface area contributed by atoms with Gasteiger partial charge in [0, 0.05) is 6.04 Å². The molecule has 0 aliphatic carbocycles. The van der Waals surface area contributed by atoms with Gasteiger partial charge in [-0.05, 0) is 52.2 Å². The zero-order valence-electron chi connectivity index (χ0n) is 15.1. The summed E-state index contributed by atoms with van der Waals surface area (Å²) in [5, 5.41) is 0.197. The van der Waals surface area contributed by atoms with Crippen LogP contribution in [0.15, 0.2) is 0 Å². The molecule has 0 amide bonds. The van der Waals surface area contributed by atoms with Crippen LogP contribution < -0.4 is 4.72 Å². The van der Waals surface area contributed by atoms with Crippen LogP contribution in [0.4, 0.5) is 0 Å². The molecule has 0 aromatic heterocycles. The number of hydrogen-bond donors (Lipinski definition) is 1. The first-order valence-corrected chi connectivity index (χ1v) is 11.6. The van der Waals surface area contributed by atoms with E-state index in [1.54, 1.807) is 0 Å². The molecule has 3 atom stereocenters. The monoisotopic (exact) mass is 321 g/mol. The van der Waals surface area contributed by atoms with Crippen molar-refractivity contribution in [3.63, 3.8) is 0 Å². The molecule has 1 N–H and O–H groups in total. The maximum atomic E-state index is 12.3. The molecule has 122 valence electrons. The lowest BCUT2D eigenvalue weighted by Crippen LogP contribution is -2.51. The minimum Gasteiger partial charge on any atom is -0.413 e. The fourth-order valence-electron chi connectivity index (χ4n) is 1.55. The fraction of sp³-hybridized carbons (Fsp3) is 1.00. The molecule has 0 saturated heterocycles. The zero-order chi connectivity index (χ0) is 16.4. The van der Waals surface area contributed by atoms with Crippen molar-refractivity contribution in [1.82, 2.24) is 4.72 Å². The van der Waals surface area contributed by atoms with Crippen LogP contribution in [-0.4, -0.2) is 29.4 Å². The molecule has 0 rings (SSSR count). The van der Waals surface area contributed by atoms with Gasteiger partial charge in [-0.15, -0.1) is 0 Å². The van der Waals surface area contributed by atoms with Crippen LogP contribution in [-0.2, 0) is 15.4 Å². The normalized spacial score (nSPS) is 18.7. The molecular formula is C15H35NO2SSi. The third-order valence-corrected chi connectivity index (χ3v) is 10.3. The van der Waals surface area contributed by atoms with E-state index in [0.717, 1.165) is 6.42 Å². The molecule has 0 radical (unpaired) electrons. The second-order valence-corrected chi connectivity index (χ2v) is 14.9. The molecule has 0 fully saturated rings. The minimum absolute atomic E-state index is 0.0761. The molecular weight excluding hydrogens is 286 g/mol. The van der Waals surface area contributed by atoms with Gasteiger partial charge in [-0.2, -0.15) is 0 Å². The fourth-order valence-corrected chi connectivity index (χ4v) is 3.98. The molecule has 0 aliphatic rings. The SMILES string of the molecule is CC[C@H](NS(=O)C(C)(C)C)[C@H](C)O[Si](C)(C)C(C)(C)C. The van der Waals surface area contributed by atoms with E-state index in [9.17, 15) is 4.21 Å². The Bertz CT molecular complexity index is 332. The number of hydrogen-bond acceptors (Lipinski definition) is 2. The second-order valence-electron chi connectivity index (χ2n) is 8.10.